The molecule has 0 aromatic carbocycles. The van der Waals surface area contributed by atoms with Crippen molar-refractivity contribution in [2.24, 2.45) is 0 Å². The molecule has 0 unspecified atom stereocenters. The number of halogens is 3. The van der Waals surface area contributed by atoms with Gasteiger partial charge in [0.2, 0.25) is 5.84 Å². The first-order valence-corrected chi connectivity index (χ1v) is 11.3. The summed E-state index contributed by atoms with van der Waals surface area (Å²) < 4.78 is 44.9. The van der Waals surface area contributed by atoms with Crippen LogP contribution in [-0.4, -0.2) is 58.5 Å². The van der Waals surface area contributed by atoms with Crippen molar-refractivity contribution in [1.82, 2.24) is 14.9 Å². The van der Waals surface area contributed by atoms with Crippen molar-refractivity contribution in [3.05, 3.63) is 10.9 Å². The molecule has 2 aliphatic rings. The number of fused-ring (bicyclic) bond motifs is 1. The molecule has 7 nitrogen and oxygen atoms in total. The minimum Gasteiger partial charge on any atom is -0.460 e. The largest absolute Gasteiger partial charge is 0.460 e. The smallest absolute Gasteiger partial charge is 0.449 e. The zero-order chi connectivity index (χ0) is 22.2. The highest BCUT2D eigenvalue weighted by atomic mass is 32.1. The number of nitrogens with zero attached hydrogens (tertiary/aromatic N) is 4. The van der Waals surface area contributed by atoms with Gasteiger partial charge in [0.15, 0.2) is 0 Å². The number of anilines is 1. The number of hydrogen-bond acceptors (Lipinski definition) is 7. The highest BCUT2D eigenvalue weighted by Crippen LogP contribution is 2.35. The van der Waals surface area contributed by atoms with Gasteiger partial charge in [0.25, 0.3) is 0 Å². The monoisotopic (exact) mass is 454 g/mol. The van der Waals surface area contributed by atoms with Crippen molar-refractivity contribution in [2.45, 2.75) is 57.7 Å². The van der Waals surface area contributed by atoms with Gasteiger partial charge in [0.1, 0.15) is 22.6 Å². The molecule has 0 amide bonds. The fourth-order valence-corrected chi connectivity index (χ4v) is 5.15. The van der Waals surface area contributed by atoms with E-state index < -0.39 is 12.0 Å². The summed E-state index contributed by atoms with van der Waals surface area (Å²) in [5.41, 5.74) is 0. The predicted molar refractivity (Wildman–Crippen MR) is 115 cm³/mol. The van der Waals surface area contributed by atoms with E-state index in [2.05, 4.69) is 16.9 Å². The first-order chi connectivity index (χ1) is 14.8. The normalized spacial score (nSPS) is 18.3. The van der Waals surface area contributed by atoms with Crippen molar-refractivity contribution >= 4 is 39.0 Å². The number of rotatable bonds is 5. The molecule has 31 heavy (non-hydrogen) atoms. The summed E-state index contributed by atoms with van der Waals surface area (Å²) in [4.78, 5) is 13.7. The Morgan fingerprint density at radius 1 is 1.26 bits per heavy atom. The van der Waals surface area contributed by atoms with E-state index in [1.807, 2.05) is 6.07 Å². The number of alkyl halides is 3. The second-order valence-corrected chi connectivity index (χ2v) is 9.02. The molecule has 3 heterocycles. The molecule has 2 aromatic heterocycles. The molecular weight excluding hydrogens is 429 g/mol. The summed E-state index contributed by atoms with van der Waals surface area (Å²) in [6, 6.07) is 2.32. The molecule has 0 bridgehead atoms. The Kier molecular flexibility index (Phi) is 6.05. The lowest BCUT2D eigenvalue weighted by Crippen LogP contribution is -2.55. The Balaban J connectivity index is 1.63. The van der Waals surface area contributed by atoms with Crippen LogP contribution >= 0.6 is 11.3 Å². The average molecular weight is 455 g/mol. The molecule has 1 aliphatic carbocycles. The van der Waals surface area contributed by atoms with E-state index in [1.165, 1.54) is 4.88 Å². The summed E-state index contributed by atoms with van der Waals surface area (Å²) in [6.45, 7) is 2.15. The molecule has 2 aromatic rings. The van der Waals surface area contributed by atoms with Crippen molar-refractivity contribution in [2.75, 3.05) is 24.5 Å². The van der Waals surface area contributed by atoms with Gasteiger partial charge in [0.05, 0.1) is 11.9 Å². The van der Waals surface area contributed by atoms with Crippen LogP contribution in [-0.2, 0) is 6.42 Å². The zero-order valence-corrected chi connectivity index (χ0v) is 18.1. The second-order valence-electron chi connectivity index (χ2n) is 7.90. The molecule has 4 rings (SSSR count). The lowest BCUT2D eigenvalue weighted by molar-refractivity contribution is -0.0671. The molecule has 1 aliphatic heterocycles. The summed E-state index contributed by atoms with van der Waals surface area (Å²) in [5, 5.41) is 16.3. The number of aromatic nitrogens is 2. The molecule has 168 valence electrons. The summed E-state index contributed by atoms with van der Waals surface area (Å²) in [5.74, 6) is -1.20. The van der Waals surface area contributed by atoms with Gasteiger partial charge in [-0.15, -0.1) is 11.3 Å². The minimum atomic E-state index is -4.78. The lowest BCUT2D eigenvalue weighted by Gasteiger charge is -2.37. The molecule has 11 heteroatoms. The SMILES string of the molecule is CCCc1cc2c(N3CCN(C(=N)C(F)(F)F)C(=N)C3)nc(OC3CCCC3)nc2s1. The number of amidine groups is 2. The Bertz CT molecular complexity index is 985. The number of ether oxygens (including phenoxy) is 1. The first kappa shape index (κ1) is 21.8. The highest BCUT2D eigenvalue weighted by molar-refractivity contribution is 7.18. The maximum absolute atomic E-state index is 12.9. The third-order valence-electron chi connectivity index (χ3n) is 5.57. The van der Waals surface area contributed by atoms with Gasteiger partial charge in [-0.3, -0.25) is 10.8 Å². The molecule has 2 fully saturated rings. The first-order valence-electron chi connectivity index (χ1n) is 10.5. The molecule has 1 saturated carbocycles. The van der Waals surface area contributed by atoms with Gasteiger partial charge < -0.3 is 14.5 Å². The number of hydrogen-bond donors (Lipinski definition) is 2. The van der Waals surface area contributed by atoms with Crippen LogP contribution in [0.4, 0.5) is 19.0 Å². The van der Waals surface area contributed by atoms with Crippen molar-refractivity contribution < 1.29 is 17.9 Å². The summed E-state index contributed by atoms with van der Waals surface area (Å²) >= 11 is 1.58. The Hall–Kier alpha value is -2.43. The van der Waals surface area contributed by atoms with Crippen LogP contribution in [0.2, 0.25) is 0 Å². The summed E-state index contributed by atoms with van der Waals surface area (Å²) in [7, 11) is 0. The van der Waals surface area contributed by atoms with Gasteiger partial charge in [-0.2, -0.15) is 23.1 Å². The fourth-order valence-electron chi connectivity index (χ4n) is 4.04. The van der Waals surface area contributed by atoms with E-state index in [0.717, 1.165) is 48.7 Å². The van der Waals surface area contributed by atoms with Crippen LogP contribution < -0.4 is 9.64 Å². The quantitative estimate of drug-likeness (QED) is 0.509. The van der Waals surface area contributed by atoms with Crippen LogP contribution in [0.15, 0.2) is 6.07 Å². The summed E-state index contributed by atoms with van der Waals surface area (Å²) in [6.07, 6.45) is 1.36. The van der Waals surface area contributed by atoms with Crippen molar-refractivity contribution in [1.29, 1.82) is 10.8 Å². The Morgan fingerprint density at radius 2 is 2.00 bits per heavy atom. The maximum Gasteiger partial charge on any atom is 0.449 e. The van der Waals surface area contributed by atoms with Crippen LogP contribution in [0.3, 0.4) is 0 Å². The number of nitrogens with one attached hydrogen (secondary N) is 2. The van der Waals surface area contributed by atoms with E-state index in [1.54, 1.807) is 16.2 Å². The van der Waals surface area contributed by atoms with Gasteiger partial charge in [-0.05, 0) is 38.2 Å². The topological polar surface area (TPSA) is 89.2 Å². The predicted octanol–water partition coefficient (Wildman–Crippen LogP) is 4.60. The Morgan fingerprint density at radius 3 is 2.65 bits per heavy atom. The van der Waals surface area contributed by atoms with Gasteiger partial charge >= 0.3 is 12.2 Å². The molecule has 0 atom stereocenters. The third kappa shape index (κ3) is 4.60. The van der Waals surface area contributed by atoms with Crippen LogP contribution in [0, 0.1) is 10.8 Å². The van der Waals surface area contributed by atoms with Gasteiger partial charge in [-0.25, -0.2) is 0 Å². The van der Waals surface area contributed by atoms with E-state index in [-0.39, 0.29) is 37.6 Å². The maximum atomic E-state index is 12.9. The zero-order valence-electron chi connectivity index (χ0n) is 17.3. The minimum absolute atomic E-state index is 0.0631. The van der Waals surface area contributed by atoms with Crippen LogP contribution in [0.25, 0.3) is 10.2 Å². The highest BCUT2D eigenvalue weighted by Gasteiger charge is 2.41. The third-order valence-corrected chi connectivity index (χ3v) is 6.66. The average Bonchev–Trinajstić information content (AvgIpc) is 3.36. The van der Waals surface area contributed by atoms with Crippen molar-refractivity contribution in [3.63, 3.8) is 0 Å². The standard InChI is InChI=1S/C20H25F3N6OS/c1-2-5-13-10-14-16(26-19(27-17(14)31-13)30-12-6-3-4-7-12)28-8-9-29(15(24)11-28)18(25)20(21,22)23/h10,12,24-25H,2-9,11H2,1H3. The Labute approximate surface area is 182 Å². The van der Waals surface area contributed by atoms with Crippen molar-refractivity contribution in [3.8, 4) is 6.01 Å². The number of aryl methyl sites for hydroxylation is 1. The van der Waals surface area contributed by atoms with Gasteiger partial charge in [0, 0.05) is 18.0 Å². The molecule has 0 radical (unpaired) electrons. The number of piperazine rings is 1. The van der Waals surface area contributed by atoms with E-state index in [4.69, 9.17) is 15.6 Å². The van der Waals surface area contributed by atoms with Crippen LogP contribution in [0.1, 0.15) is 43.9 Å². The van der Waals surface area contributed by atoms with E-state index >= 15 is 0 Å². The second kappa shape index (κ2) is 8.60. The molecule has 1 saturated heterocycles. The molecule has 2 N–H and O–H groups in total. The van der Waals surface area contributed by atoms with E-state index in [9.17, 15) is 13.2 Å². The fraction of sp³-hybridized carbons (Fsp3) is 0.600. The lowest BCUT2D eigenvalue weighted by atomic mass is 10.2. The number of thiophene rings is 1. The van der Waals surface area contributed by atoms with E-state index in [0.29, 0.717) is 10.7 Å². The van der Waals surface area contributed by atoms with Gasteiger partial charge in [-0.1, -0.05) is 13.3 Å². The molecular formula is C20H25F3N6OS. The molecule has 0 spiro atoms. The van der Waals surface area contributed by atoms with Crippen LogP contribution in [0.5, 0.6) is 6.01 Å².